The lowest BCUT2D eigenvalue weighted by Gasteiger charge is -2.12. The summed E-state index contributed by atoms with van der Waals surface area (Å²) in [6.45, 7) is 3.65. The van der Waals surface area contributed by atoms with Crippen molar-refractivity contribution in [1.82, 2.24) is 5.32 Å². The molecule has 0 unspecified atom stereocenters. The zero-order chi connectivity index (χ0) is 20.1. The molecule has 144 valence electrons. The molecule has 2 amide bonds. The van der Waals surface area contributed by atoms with Gasteiger partial charge in [0, 0.05) is 17.3 Å². The van der Waals surface area contributed by atoms with Crippen molar-refractivity contribution in [3.63, 3.8) is 0 Å². The van der Waals surface area contributed by atoms with Gasteiger partial charge in [0.2, 0.25) is 0 Å². The average Bonchev–Trinajstić information content (AvgIpc) is 2.67. The van der Waals surface area contributed by atoms with Gasteiger partial charge in [0.15, 0.2) is 6.61 Å². The zero-order valence-corrected chi connectivity index (χ0v) is 17.2. The molecule has 0 spiro atoms. The first-order valence-corrected chi connectivity index (χ1v) is 9.74. The number of amides is 2. The van der Waals surface area contributed by atoms with Crippen molar-refractivity contribution >= 4 is 44.2 Å². The minimum absolute atomic E-state index is 0.0412. The van der Waals surface area contributed by atoms with Crippen LogP contribution in [0.25, 0.3) is 10.8 Å². The van der Waals surface area contributed by atoms with Gasteiger partial charge in [-0.05, 0) is 64.8 Å². The maximum atomic E-state index is 12.3. The molecule has 0 aliphatic carbocycles. The number of fused-ring (bicyclic) bond motifs is 1. The van der Waals surface area contributed by atoms with Crippen molar-refractivity contribution < 1.29 is 14.3 Å². The number of nitrogens with one attached hydrogen (secondary N) is 2. The molecule has 3 rings (SSSR count). The van der Waals surface area contributed by atoms with Crippen LogP contribution in [0.1, 0.15) is 24.2 Å². The summed E-state index contributed by atoms with van der Waals surface area (Å²) in [6.07, 6.45) is 0. The van der Waals surface area contributed by atoms with E-state index < -0.39 is 0 Å². The SMILES string of the molecule is CC(C)NC(=O)c1cccc(NC(=O)COc2ccc3ccccc3c2Br)c1. The molecule has 6 heteroatoms. The first-order chi connectivity index (χ1) is 13.4. The number of rotatable bonds is 6. The lowest BCUT2D eigenvalue weighted by atomic mass is 10.1. The number of hydrogen-bond donors (Lipinski definition) is 2. The maximum Gasteiger partial charge on any atom is 0.262 e. The third-order valence-electron chi connectivity index (χ3n) is 4.01. The van der Waals surface area contributed by atoms with Crippen molar-refractivity contribution in [3.05, 3.63) is 70.7 Å². The van der Waals surface area contributed by atoms with Crippen LogP contribution < -0.4 is 15.4 Å². The summed E-state index contributed by atoms with van der Waals surface area (Å²) in [5.41, 5.74) is 1.03. The highest BCUT2D eigenvalue weighted by molar-refractivity contribution is 9.10. The second kappa shape index (κ2) is 8.89. The van der Waals surface area contributed by atoms with Gasteiger partial charge in [0.05, 0.1) is 4.47 Å². The third kappa shape index (κ3) is 4.89. The molecule has 0 atom stereocenters. The van der Waals surface area contributed by atoms with Gasteiger partial charge in [-0.1, -0.05) is 36.4 Å². The molecule has 0 radical (unpaired) electrons. The summed E-state index contributed by atoms with van der Waals surface area (Å²) in [5, 5.41) is 7.69. The predicted octanol–water partition coefficient (Wildman–Crippen LogP) is 4.76. The van der Waals surface area contributed by atoms with Gasteiger partial charge >= 0.3 is 0 Å². The van der Waals surface area contributed by atoms with Crippen LogP contribution in [-0.2, 0) is 4.79 Å². The van der Waals surface area contributed by atoms with E-state index in [0.29, 0.717) is 17.0 Å². The molecular weight excluding hydrogens is 420 g/mol. The standard InChI is InChI=1S/C22H21BrN2O3/c1-14(2)24-22(27)16-7-5-8-17(12-16)25-20(26)13-28-19-11-10-15-6-3-4-9-18(15)21(19)23/h3-12,14H,13H2,1-2H3,(H,24,27)(H,25,26). The molecule has 3 aromatic carbocycles. The fraction of sp³-hybridized carbons (Fsp3) is 0.182. The monoisotopic (exact) mass is 440 g/mol. The van der Waals surface area contributed by atoms with Crippen LogP contribution >= 0.6 is 15.9 Å². The summed E-state index contributed by atoms with van der Waals surface area (Å²) in [5.74, 6) is 0.114. The molecule has 0 aromatic heterocycles. The molecule has 3 aromatic rings. The van der Waals surface area contributed by atoms with E-state index in [1.807, 2.05) is 50.2 Å². The molecule has 2 N–H and O–H groups in total. The van der Waals surface area contributed by atoms with Crippen molar-refractivity contribution in [1.29, 1.82) is 0 Å². The lowest BCUT2D eigenvalue weighted by Crippen LogP contribution is -2.30. The molecule has 0 aliphatic rings. The summed E-state index contributed by atoms with van der Waals surface area (Å²) < 4.78 is 6.48. The maximum absolute atomic E-state index is 12.3. The van der Waals surface area contributed by atoms with Crippen LogP contribution in [0.15, 0.2) is 65.1 Å². The van der Waals surface area contributed by atoms with E-state index in [0.717, 1.165) is 15.2 Å². The van der Waals surface area contributed by atoms with Gasteiger partial charge in [-0.25, -0.2) is 0 Å². The van der Waals surface area contributed by atoms with E-state index in [9.17, 15) is 9.59 Å². The van der Waals surface area contributed by atoms with Crippen LogP contribution in [0.4, 0.5) is 5.69 Å². The first-order valence-electron chi connectivity index (χ1n) is 8.95. The van der Waals surface area contributed by atoms with Crippen molar-refractivity contribution in [2.24, 2.45) is 0 Å². The third-order valence-corrected chi connectivity index (χ3v) is 4.83. The molecular formula is C22H21BrN2O3. The van der Waals surface area contributed by atoms with Gasteiger partial charge in [-0.2, -0.15) is 0 Å². The molecule has 5 nitrogen and oxygen atoms in total. The van der Waals surface area contributed by atoms with Gasteiger partial charge in [0.25, 0.3) is 11.8 Å². The Bertz CT molecular complexity index is 1020. The molecule has 0 saturated carbocycles. The Morgan fingerprint density at radius 1 is 1.04 bits per heavy atom. The summed E-state index contributed by atoms with van der Waals surface area (Å²) >= 11 is 3.54. The Hall–Kier alpha value is -2.86. The Morgan fingerprint density at radius 2 is 1.82 bits per heavy atom. The van der Waals surface area contributed by atoms with E-state index in [2.05, 4.69) is 26.6 Å². The Morgan fingerprint density at radius 3 is 2.61 bits per heavy atom. The second-order valence-corrected chi connectivity index (χ2v) is 7.44. The number of carbonyl (C=O) groups is 2. The van der Waals surface area contributed by atoms with Gasteiger partial charge in [-0.15, -0.1) is 0 Å². The number of halogens is 1. The second-order valence-electron chi connectivity index (χ2n) is 6.64. The van der Waals surface area contributed by atoms with E-state index >= 15 is 0 Å². The number of anilines is 1. The normalized spacial score (nSPS) is 10.7. The quantitative estimate of drug-likeness (QED) is 0.580. The molecule has 0 fully saturated rings. The van der Waals surface area contributed by atoms with Crippen LogP contribution in [0.2, 0.25) is 0 Å². The van der Waals surface area contributed by atoms with Crippen LogP contribution in [0, 0.1) is 0 Å². The minimum Gasteiger partial charge on any atom is -0.483 e. The van der Waals surface area contributed by atoms with Crippen LogP contribution in [0.5, 0.6) is 5.75 Å². The first kappa shape index (κ1) is 19.9. The number of carbonyl (C=O) groups excluding carboxylic acids is 2. The van der Waals surface area contributed by atoms with E-state index in [4.69, 9.17) is 4.74 Å². The smallest absolute Gasteiger partial charge is 0.262 e. The highest BCUT2D eigenvalue weighted by Crippen LogP contribution is 2.33. The topological polar surface area (TPSA) is 67.4 Å². The highest BCUT2D eigenvalue weighted by atomic mass is 79.9. The van der Waals surface area contributed by atoms with E-state index in [1.165, 1.54) is 0 Å². The molecule has 0 saturated heterocycles. The van der Waals surface area contributed by atoms with Crippen LogP contribution in [-0.4, -0.2) is 24.5 Å². The lowest BCUT2D eigenvalue weighted by molar-refractivity contribution is -0.118. The highest BCUT2D eigenvalue weighted by Gasteiger charge is 2.11. The summed E-state index contributed by atoms with van der Waals surface area (Å²) in [6, 6.07) is 18.5. The van der Waals surface area contributed by atoms with Crippen LogP contribution in [0.3, 0.4) is 0 Å². The summed E-state index contributed by atoms with van der Waals surface area (Å²) in [4.78, 5) is 24.4. The molecule has 28 heavy (non-hydrogen) atoms. The largest absolute Gasteiger partial charge is 0.483 e. The Kier molecular flexibility index (Phi) is 6.31. The fourth-order valence-corrected chi connectivity index (χ4v) is 3.36. The number of hydrogen-bond acceptors (Lipinski definition) is 3. The van der Waals surface area contributed by atoms with E-state index in [-0.39, 0.29) is 24.5 Å². The Balaban J connectivity index is 1.63. The van der Waals surface area contributed by atoms with Gasteiger partial charge in [-0.3, -0.25) is 9.59 Å². The predicted molar refractivity (Wildman–Crippen MR) is 115 cm³/mol. The molecule has 0 bridgehead atoms. The number of benzene rings is 3. The summed E-state index contributed by atoms with van der Waals surface area (Å²) in [7, 11) is 0. The minimum atomic E-state index is -0.304. The van der Waals surface area contributed by atoms with E-state index in [1.54, 1.807) is 24.3 Å². The average molecular weight is 441 g/mol. The Labute approximate surface area is 172 Å². The fourth-order valence-electron chi connectivity index (χ4n) is 2.75. The molecule has 0 heterocycles. The number of ether oxygens (including phenoxy) is 1. The molecule has 0 aliphatic heterocycles. The zero-order valence-electron chi connectivity index (χ0n) is 15.7. The van der Waals surface area contributed by atoms with Crippen molar-refractivity contribution in [2.75, 3.05) is 11.9 Å². The van der Waals surface area contributed by atoms with Gasteiger partial charge in [0.1, 0.15) is 5.75 Å². The van der Waals surface area contributed by atoms with Crippen molar-refractivity contribution in [3.8, 4) is 5.75 Å². The van der Waals surface area contributed by atoms with Gasteiger partial charge < -0.3 is 15.4 Å². The van der Waals surface area contributed by atoms with Crippen molar-refractivity contribution in [2.45, 2.75) is 19.9 Å².